The quantitative estimate of drug-likeness (QED) is 0.567. The van der Waals surface area contributed by atoms with Crippen molar-refractivity contribution in [3.63, 3.8) is 0 Å². The summed E-state index contributed by atoms with van der Waals surface area (Å²) in [4.78, 5) is 11.0. The fraction of sp³-hybridized carbons (Fsp3) is 0.692. The molecule has 1 unspecified atom stereocenters. The molecule has 112 valence electrons. The van der Waals surface area contributed by atoms with E-state index in [2.05, 4.69) is 27.2 Å². The van der Waals surface area contributed by atoms with Crippen LogP contribution in [0.25, 0.3) is 0 Å². The molecule has 0 radical (unpaired) electrons. The number of hydrogen-bond acceptors (Lipinski definition) is 7. The normalized spacial score (nSPS) is 18.2. The van der Waals surface area contributed by atoms with E-state index in [-0.39, 0.29) is 6.10 Å². The Morgan fingerprint density at radius 2 is 2.40 bits per heavy atom. The van der Waals surface area contributed by atoms with E-state index in [4.69, 9.17) is 15.3 Å². The molecule has 1 aromatic rings. The molecule has 7 nitrogen and oxygen atoms in total. The third-order valence-corrected chi connectivity index (χ3v) is 3.33. The van der Waals surface area contributed by atoms with Gasteiger partial charge in [0.25, 0.3) is 0 Å². The van der Waals surface area contributed by atoms with E-state index >= 15 is 0 Å². The van der Waals surface area contributed by atoms with Crippen LogP contribution >= 0.6 is 0 Å². The molecule has 3 N–H and O–H groups in total. The van der Waals surface area contributed by atoms with E-state index in [0.29, 0.717) is 18.2 Å². The van der Waals surface area contributed by atoms with Crippen LogP contribution in [0.2, 0.25) is 0 Å². The molecule has 0 aliphatic carbocycles. The number of nitrogen functional groups attached to an aromatic ring is 1. The van der Waals surface area contributed by atoms with Gasteiger partial charge in [-0.15, -0.1) is 0 Å². The van der Waals surface area contributed by atoms with Crippen LogP contribution in [0.3, 0.4) is 0 Å². The lowest BCUT2D eigenvalue weighted by Gasteiger charge is -2.25. The molecular weight excluding hydrogens is 258 g/mol. The number of methoxy groups -OCH3 is 1. The monoisotopic (exact) mass is 281 g/mol. The first-order valence-corrected chi connectivity index (χ1v) is 6.96. The van der Waals surface area contributed by atoms with Crippen LogP contribution in [0.4, 0.5) is 11.6 Å². The molecule has 0 aromatic carbocycles. The van der Waals surface area contributed by atoms with Gasteiger partial charge in [-0.3, -0.25) is 0 Å². The number of hydrogen-bond donors (Lipinski definition) is 2. The van der Waals surface area contributed by atoms with E-state index in [9.17, 15) is 0 Å². The maximum Gasteiger partial charge on any atom is 0.158 e. The molecule has 1 aliphatic heterocycles. The van der Waals surface area contributed by atoms with Gasteiger partial charge in [0.1, 0.15) is 18.2 Å². The number of rotatable bonds is 7. The minimum absolute atomic E-state index is 0.282. The molecule has 1 atom stereocenters. The fourth-order valence-corrected chi connectivity index (χ4v) is 2.33. The van der Waals surface area contributed by atoms with Gasteiger partial charge in [-0.1, -0.05) is 0 Å². The number of nitrogens with two attached hydrogens (primary N) is 1. The van der Waals surface area contributed by atoms with Gasteiger partial charge in [-0.25, -0.2) is 15.8 Å². The highest BCUT2D eigenvalue weighted by Gasteiger charge is 2.20. The number of nitrogens with one attached hydrogen (secondary N) is 1. The van der Waals surface area contributed by atoms with Crippen LogP contribution in [0, 0.1) is 0 Å². The summed E-state index contributed by atoms with van der Waals surface area (Å²) >= 11 is 0. The largest absolute Gasteiger partial charge is 0.377 e. The number of aromatic nitrogens is 2. The molecule has 0 saturated carbocycles. The Labute approximate surface area is 119 Å². The van der Waals surface area contributed by atoms with Gasteiger partial charge in [0.2, 0.25) is 0 Å². The molecule has 1 fully saturated rings. The SMILES string of the molecule is CCN(CC1CCCO1)c1cc(NN)nc(COC)n1. The van der Waals surface area contributed by atoms with Crippen LogP contribution in [0.1, 0.15) is 25.6 Å². The van der Waals surface area contributed by atoms with Gasteiger partial charge in [0.15, 0.2) is 5.82 Å². The Morgan fingerprint density at radius 1 is 1.55 bits per heavy atom. The lowest BCUT2D eigenvalue weighted by Crippen LogP contribution is -2.33. The third kappa shape index (κ3) is 3.78. The van der Waals surface area contributed by atoms with E-state index < -0.39 is 0 Å². The molecule has 7 heteroatoms. The molecule has 0 amide bonds. The number of hydrazine groups is 1. The van der Waals surface area contributed by atoms with Crippen LogP contribution in [-0.2, 0) is 16.1 Å². The van der Waals surface area contributed by atoms with E-state index in [1.54, 1.807) is 7.11 Å². The first kappa shape index (κ1) is 15.0. The van der Waals surface area contributed by atoms with Gasteiger partial charge in [-0.05, 0) is 19.8 Å². The first-order valence-electron chi connectivity index (χ1n) is 6.96. The van der Waals surface area contributed by atoms with Gasteiger partial charge in [0, 0.05) is 32.9 Å². The van der Waals surface area contributed by atoms with Crippen LogP contribution in [0.5, 0.6) is 0 Å². The summed E-state index contributed by atoms with van der Waals surface area (Å²) in [6.45, 7) is 5.01. The predicted molar refractivity (Wildman–Crippen MR) is 77.4 cm³/mol. The minimum Gasteiger partial charge on any atom is -0.377 e. The van der Waals surface area contributed by atoms with Crippen LogP contribution in [0.15, 0.2) is 6.07 Å². The van der Waals surface area contributed by atoms with Crippen molar-refractivity contribution in [3.8, 4) is 0 Å². The van der Waals surface area contributed by atoms with Crippen LogP contribution < -0.4 is 16.2 Å². The molecule has 1 aromatic heterocycles. The van der Waals surface area contributed by atoms with Crippen molar-refractivity contribution in [2.75, 3.05) is 37.1 Å². The number of anilines is 2. The van der Waals surface area contributed by atoms with Crippen LogP contribution in [-0.4, -0.2) is 42.9 Å². The Balaban J connectivity index is 2.15. The molecule has 2 heterocycles. The highest BCUT2D eigenvalue weighted by Crippen LogP contribution is 2.19. The number of likely N-dealkylation sites (N-methyl/N-ethyl adjacent to an activating group) is 1. The topological polar surface area (TPSA) is 85.5 Å². The van der Waals surface area contributed by atoms with E-state index in [0.717, 1.165) is 38.4 Å². The third-order valence-electron chi connectivity index (χ3n) is 3.33. The van der Waals surface area contributed by atoms with Gasteiger partial charge in [-0.2, -0.15) is 0 Å². The van der Waals surface area contributed by atoms with Gasteiger partial charge < -0.3 is 19.8 Å². The molecular formula is C13H23N5O2. The zero-order valence-electron chi connectivity index (χ0n) is 12.1. The van der Waals surface area contributed by atoms with Crippen molar-refractivity contribution in [1.29, 1.82) is 0 Å². The Bertz CT molecular complexity index is 423. The second-order valence-electron chi connectivity index (χ2n) is 4.78. The van der Waals surface area contributed by atoms with Crippen molar-refractivity contribution in [1.82, 2.24) is 9.97 Å². The second-order valence-corrected chi connectivity index (χ2v) is 4.78. The lowest BCUT2D eigenvalue weighted by atomic mass is 10.2. The maximum atomic E-state index is 5.69. The molecule has 1 aliphatic rings. The second kappa shape index (κ2) is 7.37. The van der Waals surface area contributed by atoms with Crippen molar-refractivity contribution in [2.24, 2.45) is 5.84 Å². The first-order chi connectivity index (χ1) is 9.76. The molecule has 2 rings (SSSR count). The fourth-order valence-electron chi connectivity index (χ4n) is 2.33. The maximum absolute atomic E-state index is 5.69. The zero-order valence-corrected chi connectivity index (χ0v) is 12.1. The average molecular weight is 281 g/mol. The molecule has 0 bridgehead atoms. The average Bonchev–Trinajstić information content (AvgIpc) is 2.97. The Kier molecular flexibility index (Phi) is 5.51. The summed E-state index contributed by atoms with van der Waals surface area (Å²) < 4.78 is 10.8. The summed E-state index contributed by atoms with van der Waals surface area (Å²) in [5, 5.41) is 0. The summed E-state index contributed by atoms with van der Waals surface area (Å²) in [5.74, 6) is 7.52. The Morgan fingerprint density at radius 3 is 3.00 bits per heavy atom. The standard InChI is InChI=1S/C13H23N5O2/c1-3-18(8-10-5-4-6-20-10)13-7-11(17-14)15-12(16-13)9-19-2/h7,10H,3-6,8-9,14H2,1-2H3,(H,15,16,17). The predicted octanol–water partition coefficient (Wildman–Crippen LogP) is 0.914. The molecule has 1 saturated heterocycles. The highest BCUT2D eigenvalue weighted by atomic mass is 16.5. The highest BCUT2D eigenvalue weighted by molar-refractivity contribution is 5.49. The smallest absolute Gasteiger partial charge is 0.158 e. The van der Waals surface area contributed by atoms with Crippen molar-refractivity contribution < 1.29 is 9.47 Å². The van der Waals surface area contributed by atoms with Gasteiger partial charge in [0.05, 0.1) is 6.10 Å². The van der Waals surface area contributed by atoms with Crippen molar-refractivity contribution in [3.05, 3.63) is 11.9 Å². The zero-order chi connectivity index (χ0) is 14.4. The number of ether oxygens (including phenoxy) is 2. The summed E-state index contributed by atoms with van der Waals surface area (Å²) in [6.07, 6.45) is 2.52. The number of nitrogens with zero attached hydrogens (tertiary/aromatic N) is 3. The van der Waals surface area contributed by atoms with E-state index in [1.807, 2.05) is 6.07 Å². The van der Waals surface area contributed by atoms with Crippen molar-refractivity contribution in [2.45, 2.75) is 32.5 Å². The minimum atomic E-state index is 0.282. The Hall–Kier alpha value is -1.44. The summed E-state index contributed by atoms with van der Waals surface area (Å²) in [5.41, 5.74) is 2.57. The lowest BCUT2D eigenvalue weighted by molar-refractivity contribution is 0.115. The summed E-state index contributed by atoms with van der Waals surface area (Å²) in [6, 6.07) is 1.84. The van der Waals surface area contributed by atoms with E-state index in [1.165, 1.54) is 0 Å². The molecule has 0 spiro atoms. The van der Waals surface area contributed by atoms with Crippen molar-refractivity contribution >= 4 is 11.6 Å². The summed E-state index contributed by atoms with van der Waals surface area (Å²) in [7, 11) is 1.62. The molecule has 20 heavy (non-hydrogen) atoms. The van der Waals surface area contributed by atoms with Gasteiger partial charge >= 0.3 is 0 Å².